The number of nitrogen functional groups attached to an aromatic ring is 1. The summed E-state index contributed by atoms with van der Waals surface area (Å²) in [5, 5.41) is 3.46. The molecule has 1 aliphatic heterocycles. The number of rotatable bonds is 5. The summed E-state index contributed by atoms with van der Waals surface area (Å²) >= 11 is 0. The van der Waals surface area contributed by atoms with E-state index >= 15 is 0 Å². The van der Waals surface area contributed by atoms with Gasteiger partial charge in [-0.05, 0) is 25.7 Å². The van der Waals surface area contributed by atoms with Crippen molar-refractivity contribution < 1.29 is 9.47 Å². The summed E-state index contributed by atoms with van der Waals surface area (Å²) in [6, 6.07) is 4.18. The Labute approximate surface area is 115 Å². The van der Waals surface area contributed by atoms with Crippen LogP contribution in [0.4, 0.5) is 11.4 Å². The predicted molar refractivity (Wildman–Crippen MR) is 79.0 cm³/mol. The molecular weight excluding hydrogens is 240 g/mol. The topological polar surface area (TPSA) is 56.5 Å². The molecule has 0 aromatic heterocycles. The molecule has 0 fully saturated rings. The van der Waals surface area contributed by atoms with Gasteiger partial charge >= 0.3 is 0 Å². The van der Waals surface area contributed by atoms with Crippen LogP contribution in [0, 0.1) is 5.92 Å². The third kappa shape index (κ3) is 3.69. The number of nitrogens with one attached hydrogen (secondary N) is 1. The Morgan fingerprint density at radius 2 is 1.74 bits per heavy atom. The number of benzene rings is 1. The third-order valence-corrected chi connectivity index (χ3v) is 3.29. The second-order valence-electron chi connectivity index (χ2n) is 5.60. The normalized spacial score (nSPS) is 15.4. The van der Waals surface area contributed by atoms with Crippen LogP contribution in [-0.2, 0) is 0 Å². The number of hydrogen-bond donors (Lipinski definition) is 2. The molecule has 0 bridgehead atoms. The van der Waals surface area contributed by atoms with Gasteiger partial charge in [-0.3, -0.25) is 0 Å². The fraction of sp³-hybridized carbons (Fsp3) is 0.600. The van der Waals surface area contributed by atoms with Gasteiger partial charge < -0.3 is 20.5 Å². The van der Waals surface area contributed by atoms with E-state index in [1.54, 1.807) is 0 Å². The van der Waals surface area contributed by atoms with E-state index in [1.807, 2.05) is 12.1 Å². The Morgan fingerprint density at radius 1 is 1.11 bits per heavy atom. The third-order valence-electron chi connectivity index (χ3n) is 3.29. The van der Waals surface area contributed by atoms with Gasteiger partial charge in [-0.15, -0.1) is 0 Å². The number of ether oxygens (including phenoxy) is 2. The SMILES string of the molecule is CC(C)CCC(C)Nc1cc2c(cc1N)OCCO2. The summed E-state index contributed by atoms with van der Waals surface area (Å²) in [6.45, 7) is 7.85. The first-order valence-electron chi connectivity index (χ1n) is 7.02. The first-order valence-corrected chi connectivity index (χ1v) is 7.02. The highest BCUT2D eigenvalue weighted by Gasteiger charge is 2.15. The van der Waals surface area contributed by atoms with Crippen LogP contribution in [-0.4, -0.2) is 19.3 Å². The maximum Gasteiger partial charge on any atom is 0.163 e. The van der Waals surface area contributed by atoms with Gasteiger partial charge in [0.15, 0.2) is 11.5 Å². The van der Waals surface area contributed by atoms with Crippen LogP contribution in [0.5, 0.6) is 11.5 Å². The fourth-order valence-corrected chi connectivity index (χ4v) is 2.15. The summed E-state index contributed by atoms with van der Waals surface area (Å²) in [6.07, 6.45) is 2.34. The molecule has 3 N–H and O–H groups in total. The van der Waals surface area contributed by atoms with Crippen molar-refractivity contribution in [3.8, 4) is 11.5 Å². The van der Waals surface area contributed by atoms with Crippen molar-refractivity contribution in [2.45, 2.75) is 39.7 Å². The lowest BCUT2D eigenvalue weighted by Crippen LogP contribution is -2.19. The van der Waals surface area contributed by atoms with Gasteiger partial charge in [0.2, 0.25) is 0 Å². The summed E-state index contributed by atoms with van der Waals surface area (Å²) < 4.78 is 11.1. The van der Waals surface area contributed by atoms with E-state index < -0.39 is 0 Å². The summed E-state index contributed by atoms with van der Waals surface area (Å²) in [5.41, 5.74) is 7.69. The Hall–Kier alpha value is -1.58. The summed E-state index contributed by atoms with van der Waals surface area (Å²) in [7, 11) is 0. The molecule has 0 spiro atoms. The number of nitrogens with two attached hydrogens (primary N) is 1. The van der Waals surface area contributed by atoms with Gasteiger partial charge in [0.1, 0.15) is 13.2 Å². The molecule has 1 aliphatic rings. The lowest BCUT2D eigenvalue weighted by atomic mass is 10.0. The van der Waals surface area contributed by atoms with Crippen LogP contribution in [0.1, 0.15) is 33.6 Å². The van der Waals surface area contributed by atoms with Gasteiger partial charge in [-0.25, -0.2) is 0 Å². The molecule has 4 nitrogen and oxygen atoms in total. The molecule has 19 heavy (non-hydrogen) atoms. The van der Waals surface area contributed by atoms with Gasteiger partial charge in [-0.1, -0.05) is 13.8 Å². The van der Waals surface area contributed by atoms with Gasteiger partial charge in [0.05, 0.1) is 11.4 Å². The minimum atomic E-state index is 0.396. The quantitative estimate of drug-likeness (QED) is 0.801. The minimum absolute atomic E-state index is 0.396. The predicted octanol–water partition coefficient (Wildman–Crippen LogP) is 3.28. The molecule has 0 amide bonds. The zero-order valence-corrected chi connectivity index (χ0v) is 12.0. The van der Waals surface area contributed by atoms with Gasteiger partial charge in [0.25, 0.3) is 0 Å². The highest BCUT2D eigenvalue weighted by molar-refractivity contribution is 5.72. The monoisotopic (exact) mass is 264 g/mol. The van der Waals surface area contributed by atoms with Crippen molar-refractivity contribution in [3.05, 3.63) is 12.1 Å². The van der Waals surface area contributed by atoms with E-state index in [1.165, 1.54) is 6.42 Å². The van der Waals surface area contributed by atoms with E-state index in [9.17, 15) is 0 Å². The summed E-state index contributed by atoms with van der Waals surface area (Å²) in [4.78, 5) is 0. The molecule has 106 valence electrons. The first-order chi connectivity index (χ1) is 9.06. The maximum absolute atomic E-state index is 6.05. The van der Waals surface area contributed by atoms with Crippen molar-refractivity contribution in [1.82, 2.24) is 0 Å². The Balaban J connectivity index is 2.03. The Morgan fingerprint density at radius 3 is 2.37 bits per heavy atom. The van der Waals surface area contributed by atoms with E-state index in [0.717, 1.165) is 29.5 Å². The molecule has 0 saturated heterocycles. The second kappa shape index (κ2) is 6.04. The highest BCUT2D eigenvalue weighted by Crippen LogP contribution is 2.37. The van der Waals surface area contributed by atoms with Crippen molar-refractivity contribution in [2.24, 2.45) is 5.92 Å². The highest BCUT2D eigenvalue weighted by atomic mass is 16.6. The average molecular weight is 264 g/mol. The van der Waals surface area contributed by atoms with Gasteiger partial charge in [-0.2, -0.15) is 0 Å². The largest absolute Gasteiger partial charge is 0.486 e. The number of anilines is 2. The van der Waals surface area contributed by atoms with E-state index in [4.69, 9.17) is 15.2 Å². The molecule has 4 heteroatoms. The standard InChI is InChI=1S/C15H24N2O2/c1-10(2)4-5-11(3)17-13-9-15-14(8-12(13)16)18-6-7-19-15/h8-11,17H,4-7,16H2,1-3H3. The number of fused-ring (bicyclic) bond motifs is 1. The second-order valence-corrected chi connectivity index (χ2v) is 5.60. The minimum Gasteiger partial charge on any atom is -0.486 e. The molecule has 2 rings (SSSR count). The molecular formula is C15H24N2O2. The lowest BCUT2D eigenvalue weighted by molar-refractivity contribution is 0.172. The van der Waals surface area contributed by atoms with Gasteiger partial charge in [0, 0.05) is 18.2 Å². The molecule has 0 saturated carbocycles. The Bertz CT molecular complexity index is 432. The van der Waals surface area contributed by atoms with Crippen molar-refractivity contribution in [2.75, 3.05) is 24.3 Å². The molecule has 1 atom stereocenters. The van der Waals surface area contributed by atoms with Crippen LogP contribution in [0.15, 0.2) is 12.1 Å². The fourth-order valence-electron chi connectivity index (χ4n) is 2.15. The van der Waals surface area contributed by atoms with Crippen molar-refractivity contribution >= 4 is 11.4 Å². The molecule has 1 aromatic carbocycles. The van der Waals surface area contributed by atoms with Crippen LogP contribution >= 0.6 is 0 Å². The maximum atomic E-state index is 6.05. The van der Waals surface area contributed by atoms with Crippen molar-refractivity contribution in [3.63, 3.8) is 0 Å². The van der Waals surface area contributed by atoms with E-state index in [-0.39, 0.29) is 0 Å². The van der Waals surface area contributed by atoms with Crippen molar-refractivity contribution in [1.29, 1.82) is 0 Å². The molecule has 1 unspecified atom stereocenters. The Kier molecular flexibility index (Phi) is 4.40. The molecule has 1 aromatic rings. The van der Waals surface area contributed by atoms with E-state index in [2.05, 4.69) is 26.1 Å². The summed E-state index contributed by atoms with van der Waals surface area (Å²) in [5.74, 6) is 2.24. The lowest BCUT2D eigenvalue weighted by Gasteiger charge is -2.22. The van der Waals surface area contributed by atoms with E-state index in [0.29, 0.717) is 24.9 Å². The molecule has 0 aliphatic carbocycles. The average Bonchev–Trinajstić information content (AvgIpc) is 2.37. The van der Waals surface area contributed by atoms with Crippen LogP contribution in [0.2, 0.25) is 0 Å². The molecule has 1 heterocycles. The number of hydrogen-bond acceptors (Lipinski definition) is 4. The molecule has 0 radical (unpaired) electrons. The van der Waals surface area contributed by atoms with Crippen LogP contribution in [0.25, 0.3) is 0 Å². The van der Waals surface area contributed by atoms with Crippen LogP contribution < -0.4 is 20.5 Å². The van der Waals surface area contributed by atoms with Crippen LogP contribution in [0.3, 0.4) is 0 Å². The first kappa shape index (κ1) is 13.8. The zero-order valence-electron chi connectivity index (χ0n) is 12.0. The zero-order chi connectivity index (χ0) is 13.8. The smallest absolute Gasteiger partial charge is 0.163 e.